The highest BCUT2D eigenvalue weighted by Gasteiger charge is 2.05. The van der Waals surface area contributed by atoms with Crippen LogP contribution < -0.4 is 15.4 Å². The number of methoxy groups -OCH3 is 1. The Morgan fingerprint density at radius 3 is 2.86 bits per heavy atom. The van der Waals surface area contributed by atoms with Crippen LogP contribution in [0.5, 0.6) is 5.75 Å². The molecule has 1 heterocycles. The molecule has 0 fully saturated rings. The number of hydrogen-bond acceptors (Lipinski definition) is 3. The van der Waals surface area contributed by atoms with Gasteiger partial charge in [0.2, 0.25) is 0 Å². The van der Waals surface area contributed by atoms with E-state index >= 15 is 0 Å². The van der Waals surface area contributed by atoms with Gasteiger partial charge in [0.15, 0.2) is 5.96 Å². The number of guanidine groups is 1. The maximum absolute atomic E-state index is 5.96. The van der Waals surface area contributed by atoms with Crippen LogP contribution in [0.1, 0.15) is 18.2 Å². The predicted molar refractivity (Wildman–Crippen MR) is 88.4 cm³/mol. The van der Waals surface area contributed by atoms with Crippen molar-refractivity contribution in [3.05, 3.63) is 52.9 Å². The van der Waals surface area contributed by atoms with Crippen LogP contribution in [0.2, 0.25) is 5.02 Å². The third-order valence-corrected chi connectivity index (χ3v) is 3.25. The molecule has 2 N–H and O–H groups in total. The van der Waals surface area contributed by atoms with Gasteiger partial charge in [-0.3, -0.25) is 0 Å². The average molecular weight is 322 g/mol. The van der Waals surface area contributed by atoms with E-state index < -0.39 is 0 Å². The SMILES string of the molecule is CCNC(=NCc1ccc(Cl)cc1OC)NCc1ccco1. The van der Waals surface area contributed by atoms with Gasteiger partial charge in [-0.05, 0) is 31.2 Å². The smallest absolute Gasteiger partial charge is 0.191 e. The Balaban J connectivity index is 2.03. The van der Waals surface area contributed by atoms with Gasteiger partial charge >= 0.3 is 0 Å². The molecule has 0 unspecified atom stereocenters. The number of ether oxygens (including phenoxy) is 1. The third-order valence-electron chi connectivity index (χ3n) is 3.01. The second-order valence-corrected chi connectivity index (χ2v) is 5.02. The molecule has 0 aliphatic rings. The van der Waals surface area contributed by atoms with Gasteiger partial charge in [-0.15, -0.1) is 0 Å². The second kappa shape index (κ2) is 8.34. The molecule has 0 saturated carbocycles. The minimum Gasteiger partial charge on any atom is -0.496 e. The van der Waals surface area contributed by atoms with E-state index in [1.165, 1.54) is 0 Å². The predicted octanol–water partition coefficient (Wildman–Crippen LogP) is 3.20. The fourth-order valence-electron chi connectivity index (χ4n) is 1.94. The minimum absolute atomic E-state index is 0.494. The molecule has 0 saturated heterocycles. The van der Waals surface area contributed by atoms with Crippen molar-refractivity contribution in [2.75, 3.05) is 13.7 Å². The zero-order valence-corrected chi connectivity index (χ0v) is 13.5. The lowest BCUT2D eigenvalue weighted by Crippen LogP contribution is -2.36. The Hall–Kier alpha value is -2.14. The first-order chi connectivity index (χ1) is 10.7. The second-order valence-electron chi connectivity index (χ2n) is 4.58. The van der Waals surface area contributed by atoms with Crippen LogP contribution in [0.3, 0.4) is 0 Å². The van der Waals surface area contributed by atoms with Crippen molar-refractivity contribution in [2.24, 2.45) is 4.99 Å². The first-order valence-electron chi connectivity index (χ1n) is 7.10. The minimum atomic E-state index is 0.494. The summed E-state index contributed by atoms with van der Waals surface area (Å²) >= 11 is 5.96. The lowest BCUT2D eigenvalue weighted by Gasteiger charge is -2.11. The first kappa shape index (κ1) is 16.2. The van der Waals surface area contributed by atoms with Crippen LogP contribution in [0.15, 0.2) is 46.0 Å². The Labute approximate surface area is 135 Å². The molecule has 0 aliphatic carbocycles. The van der Waals surface area contributed by atoms with Crippen molar-refractivity contribution in [2.45, 2.75) is 20.0 Å². The lowest BCUT2D eigenvalue weighted by atomic mass is 10.2. The van der Waals surface area contributed by atoms with E-state index in [0.717, 1.165) is 29.6 Å². The summed E-state index contributed by atoms with van der Waals surface area (Å²) < 4.78 is 10.6. The van der Waals surface area contributed by atoms with E-state index in [9.17, 15) is 0 Å². The molecular weight excluding hydrogens is 302 g/mol. The number of aliphatic imine (C=N–C) groups is 1. The van der Waals surface area contributed by atoms with E-state index in [1.807, 2.05) is 31.2 Å². The maximum Gasteiger partial charge on any atom is 0.191 e. The highest BCUT2D eigenvalue weighted by molar-refractivity contribution is 6.30. The quantitative estimate of drug-likeness (QED) is 0.633. The van der Waals surface area contributed by atoms with Crippen molar-refractivity contribution in [3.8, 4) is 5.75 Å². The maximum atomic E-state index is 5.96. The first-order valence-corrected chi connectivity index (χ1v) is 7.47. The van der Waals surface area contributed by atoms with Gasteiger partial charge < -0.3 is 19.8 Å². The fraction of sp³-hybridized carbons (Fsp3) is 0.312. The molecule has 22 heavy (non-hydrogen) atoms. The van der Waals surface area contributed by atoms with E-state index in [4.69, 9.17) is 20.8 Å². The standard InChI is InChI=1S/C16H20ClN3O2/c1-3-18-16(20-11-14-5-4-8-22-14)19-10-12-6-7-13(17)9-15(12)21-2/h4-9H,3,10-11H2,1-2H3,(H2,18,19,20). The summed E-state index contributed by atoms with van der Waals surface area (Å²) in [5, 5.41) is 7.06. The molecule has 118 valence electrons. The van der Waals surface area contributed by atoms with Gasteiger partial charge in [0.05, 0.1) is 26.5 Å². The number of benzene rings is 1. The Morgan fingerprint density at radius 2 is 2.18 bits per heavy atom. The van der Waals surface area contributed by atoms with Crippen molar-refractivity contribution in [1.82, 2.24) is 10.6 Å². The number of nitrogens with zero attached hydrogens (tertiary/aromatic N) is 1. The van der Waals surface area contributed by atoms with E-state index in [0.29, 0.717) is 18.1 Å². The molecule has 0 atom stereocenters. The number of nitrogens with one attached hydrogen (secondary N) is 2. The molecule has 5 nitrogen and oxygen atoms in total. The Kier molecular flexibility index (Phi) is 6.15. The summed E-state index contributed by atoms with van der Waals surface area (Å²) in [6.07, 6.45) is 1.65. The summed E-state index contributed by atoms with van der Waals surface area (Å²) in [7, 11) is 1.62. The van der Waals surface area contributed by atoms with Gasteiger partial charge in [-0.1, -0.05) is 17.7 Å². The van der Waals surface area contributed by atoms with Crippen molar-refractivity contribution >= 4 is 17.6 Å². The largest absolute Gasteiger partial charge is 0.496 e. The van der Waals surface area contributed by atoms with E-state index in [1.54, 1.807) is 19.4 Å². The number of halogens is 1. The fourth-order valence-corrected chi connectivity index (χ4v) is 2.10. The molecule has 0 aliphatic heterocycles. The average Bonchev–Trinajstić information content (AvgIpc) is 3.04. The van der Waals surface area contributed by atoms with Gasteiger partial charge in [0.1, 0.15) is 11.5 Å². The van der Waals surface area contributed by atoms with Gasteiger partial charge in [0.25, 0.3) is 0 Å². The van der Waals surface area contributed by atoms with Crippen LogP contribution >= 0.6 is 11.6 Å². The van der Waals surface area contributed by atoms with Gasteiger partial charge in [0, 0.05) is 17.1 Å². The van der Waals surface area contributed by atoms with Gasteiger partial charge in [-0.25, -0.2) is 4.99 Å². The highest BCUT2D eigenvalue weighted by atomic mass is 35.5. The lowest BCUT2D eigenvalue weighted by molar-refractivity contribution is 0.410. The van der Waals surface area contributed by atoms with Crippen LogP contribution in [0.4, 0.5) is 0 Å². The molecule has 2 aromatic rings. The zero-order chi connectivity index (χ0) is 15.8. The van der Waals surface area contributed by atoms with Crippen LogP contribution in [-0.2, 0) is 13.1 Å². The molecule has 0 spiro atoms. The number of hydrogen-bond donors (Lipinski definition) is 2. The number of furan rings is 1. The monoisotopic (exact) mass is 321 g/mol. The molecular formula is C16H20ClN3O2. The normalized spacial score (nSPS) is 11.3. The molecule has 0 radical (unpaired) electrons. The molecule has 1 aromatic heterocycles. The van der Waals surface area contributed by atoms with E-state index in [-0.39, 0.29) is 0 Å². The van der Waals surface area contributed by atoms with Crippen molar-refractivity contribution in [1.29, 1.82) is 0 Å². The van der Waals surface area contributed by atoms with Gasteiger partial charge in [-0.2, -0.15) is 0 Å². The summed E-state index contributed by atoms with van der Waals surface area (Å²) in [4.78, 5) is 4.55. The molecule has 0 amide bonds. The Bertz CT molecular complexity index is 612. The van der Waals surface area contributed by atoms with Crippen LogP contribution in [0, 0.1) is 0 Å². The third kappa shape index (κ3) is 4.70. The molecule has 1 aromatic carbocycles. The van der Waals surface area contributed by atoms with Crippen LogP contribution in [-0.4, -0.2) is 19.6 Å². The highest BCUT2D eigenvalue weighted by Crippen LogP contribution is 2.23. The van der Waals surface area contributed by atoms with E-state index in [2.05, 4.69) is 15.6 Å². The molecule has 2 rings (SSSR count). The summed E-state index contributed by atoms with van der Waals surface area (Å²) in [5.41, 5.74) is 0.974. The molecule has 6 heteroatoms. The van der Waals surface area contributed by atoms with Crippen molar-refractivity contribution in [3.63, 3.8) is 0 Å². The zero-order valence-electron chi connectivity index (χ0n) is 12.7. The topological polar surface area (TPSA) is 58.8 Å². The summed E-state index contributed by atoms with van der Waals surface area (Å²) in [6, 6.07) is 9.31. The van der Waals surface area contributed by atoms with Crippen molar-refractivity contribution < 1.29 is 9.15 Å². The Morgan fingerprint density at radius 1 is 1.32 bits per heavy atom. The molecule has 0 bridgehead atoms. The number of rotatable bonds is 6. The van der Waals surface area contributed by atoms with Crippen LogP contribution in [0.25, 0.3) is 0 Å². The summed E-state index contributed by atoms with van der Waals surface area (Å²) in [5.74, 6) is 2.31. The summed E-state index contributed by atoms with van der Waals surface area (Å²) in [6.45, 7) is 3.87.